The number of benzene rings is 1. The van der Waals surface area contributed by atoms with Crippen LogP contribution in [0, 0.1) is 5.82 Å². The molecule has 13 heteroatoms. The number of likely N-dealkylation sites (tertiary alicyclic amines) is 1. The standard InChI is InChI=1S/C20H26F4N4O5/c21-17-8-16(33-20(22,23)24)4-1-12(17)9-26-19(32)28(13-2-3-13)14-7-15(30)11-27(10-14)18(31)25-5-6-29/h1,4,8,13-15,29-30H,2-3,5-7,9-11H2,(H,25,31)(H,26,32)/t14-,15+/m1/s1. The predicted molar refractivity (Wildman–Crippen MR) is 107 cm³/mol. The van der Waals surface area contributed by atoms with Gasteiger partial charge in [-0.25, -0.2) is 14.0 Å². The number of nitrogens with zero attached hydrogens (tertiary/aromatic N) is 2. The lowest BCUT2D eigenvalue weighted by molar-refractivity contribution is -0.274. The van der Waals surface area contributed by atoms with Gasteiger partial charge >= 0.3 is 18.4 Å². The van der Waals surface area contributed by atoms with Crippen LogP contribution in [0.4, 0.5) is 27.2 Å². The molecule has 2 atom stereocenters. The first-order valence-corrected chi connectivity index (χ1v) is 10.5. The first kappa shape index (κ1) is 24.8. The number of rotatable bonds is 7. The number of urea groups is 2. The molecule has 1 aromatic rings. The number of β-amino-alcohol motifs (C(OH)–C–C–N with tert-alkyl or cyclic N) is 1. The number of hydrogen-bond donors (Lipinski definition) is 4. The lowest BCUT2D eigenvalue weighted by Gasteiger charge is -2.41. The quantitative estimate of drug-likeness (QED) is 0.444. The van der Waals surface area contributed by atoms with Gasteiger partial charge in [0.15, 0.2) is 0 Å². The second-order valence-corrected chi connectivity index (χ2v) is 8.00. The second kappa shape index (κ2) is 10.4. The zero-order valence-electron chi connectivity index (χ0n) is 17.6. The minimum absolute atomic E-state index is 0.0256. The summed E-state index contributed by atoms with van der Waals surface area (Å²) in [5, 5.41) is 24.2. The Morgan fingerprint density at radius 3 is 2.52 bits per heavy atom. The molecule has 0 aromatic heterocycles. The van der Waals surface area contributed by atoms with E-state index < -0.39 is 42.1 Å². The Bertz CT molecular complexity index is 852. The van der Waals surface area contributed by atoms with Crippen LogP contribution < -0.4 is 15.4 Å². The van der Waals surface area contributed by atoms with Crippen LogP contribution in [0.2, 0.25) is 0 Å². The molecule has 1 saturated heterocycles. The minimum Gasteiger partial charge on any atom is -0.406 e. The first-order chi connectivity index (χ1) is 15.6. The Kier molecular flexibility index (Phi) is 7.84. The van der Waals surface area contributed by atoms with Crippen molar-refractivity contribution < 1.29 is 42.1 Å². The summed E-state index contributed by atoms with van der Waals surface area (Å²) in [6, 6.07) is 1.08. The maximum atomic E-state index is 14.2. The number of aliphatic hydroxyl groups excluding tert-OH is 2. The van der Waals surface area contributed by atoms with E-state index in [1.165, 1.54) is 9.80 Å². The SMILES string of the molecule is O=C(NCCO)N1C[C@@H](O)C[C@@H](N(C(=O)NCc2ccc(OC(F)(F)F)cc2F)C2CC2)C1. The number of carbonyl (C=O) groups excluding carboxylic acids is 2. The van der Waals surface area contributed by atoms with Gasteiger partial charge in [0, 0.05) is 43.9 Å². The molecule has 33 heavy (non-hydrogen) atoms. The van der Waals surface area contributed by atoms with E-state index in [-0.39, 0.29) is 50.8 Å². The van der Waals surface area contributed by atoms with Crippen LogP contribution in [0.1, 0.15) is 24.8 Å². The van der Waals surface area contributed by atoms with Gasteiger partial charge in [0.1, 0.15) is 11.6 Å². The number of nitrogens with one attached hydrogen (secondary N) is 2. The van der Waals surface area contributed by atoms with E-state index in [2.05, 4.69) is 15.4 Å². The molecule has 0 unspecified atom stereocenters. The highest BCUT2D eigenvalue weighted by Gasteiger charge is 2.41. The van der Waals surface area contributed by atoms with Gasteiger partial charge in [-0.2, -0.15) is 0 Å². The van der Waals surface area contributed by atoms with Crippen LogP contribution in [-0.4, -0.2) is 82.9 Å². The van der Waals surface area contributed by atoms with Crippen LogP contribution in [0.5, 0.6) is 5.75 Å². The topological polar surface area (TPSA) is 114 Å². The smallest absolute Gasteiger partial charge is 0.406 e. The molecule has 0 radical (unpaired) electrons. The van der Waals surface area contributed by atoms with Crippen molar-refractivity contribution in [2.75, 3.05) is 26.2 Å². The summed E-state index contributed by atoms with van der Waals surface area (Å²) in [5.74, 6) is -1.67. The fourth-order valence-electron chi connectivity index (χ4n) is 3.80. The number of amides is 4. The molecule has 1 aliphatic heterocycles. The molecule has 9 nitrogen and oxygen atoms in total. The van der Waals surface area contributed by atoms with Crippen LogP contribution in [0.25, 0.3) is 0 Å². The van der Waals surface area contributed by atoms with Crippen LogP contribution in [0.3, 0.4) is 0 Å². The van der Waals surface area contributed by atoms with Gasteiger partial charge in [0.25, 0.3) is 0 Å². The lowest BCUT2D eigenvalue weighted by Crippen LogP contribution is -2.59. The van der Waals surface area contributed by atoms with Crippen molar-refractivity contribution >= 4 is 12.1 Å². The monoisotopic (exact) mass is 478 g/mol. The third-order valence-corrected chi connectivity index (χ3v) is 5.34. The Hall–Kier alpha value is -2.80. The lowest BCUT2D eigenvalue weighted by atomic mass is 10.0. The number of ether oxygens (including phenoxy) is 1. The highest BCUT2D eigenvalue weighted by molar-refractivity contribution is 5.76. The molecule has 0 spiro atoms. The fourth-order valence-corrected chi connectivity index (χ4v) is 3.80. The summed E-state index contributed by atoms with van der Waals surface area (Å²) in [5.41, 5.74) is -0.0256. The molecule has 1 aromatic carbocycles. The molecule has 4 N–H and O–H groups in total. The van der Waals surface area contributed by atoms with E-state index in [4.69, 9.17) is 5.11 Å². The third kappa shape index (κ3) is 7.09. The van der Waals surface area contributed by atoms with Gasteiger partial charge in [-0.3, -0.25) is 0 Å². The van der Waals surface area contributed by atoms with Crippen molar-refractivity contribution in [3.8, 4) is 5.75 Å². The van der Waals surface area contributed by atoms with E-state index in [1.54, 1.807) is 0 Å². The van der Waals surface area contributed by atoms with E-state index in [0.717, 1.165) is 25.0 Å². The first-order valence-electron chi connectivity index (χ1n) is 10.5. The van der Waals surface area contributed by atoms with Crippen molar-refractivity contribution in [1.82, 2.24) is 20.4 Å². The highest BCUT2D eigenvalue weighted by atomic mass is 19.4. The van der Waals surface area contributed by atoms with Crippen LogP contribution in [0.15, 0.2) is 18.2 Å². The van der Waals surface area contributed by atoms with Crippen molar-refractivity contribution in [3.05, 3.63) is 29.6 Å². The zero-order valence-corrected chi connectivity index (χ0v) is 17.6. The molecular formula is C20H26F4N4O5. The van der Waals surface area contributed by atoms with Crippen LogP contribution in [-0.2, 0) is 6.54 Å². The molecule has 2 fully saturated rings. The second-order valence-electron chi connectivity index (χ2n) is 8.00. The number of aliphatic hydroxyl groups is 2. The zero-order chi connectivity index (χ0) is 24.2. The molecule has 1 heterocycles. The Morgan fingerprint density at radius 1 is 1.18 bits per heavy atom. The van der Waals surface area contributed by atoms with Gasteiger partial charge in [-0.15, -0.1) is 13.2 Å². The number of carbonyl (C=O) groups is 2. The maximum Gasteiger partial charge on any atom is 0.573 e. The maximum absolute atomic E-state index is 14.2. The molecule has 184 valence electrons. The summed E-state index contributed by atoms with van der Waals surface area (Å²) in [4.78, 5) is 28.0. The van der Waals surface area contributed by atoms with Gasteiger partial charge in [0.05, 0.1) is 18.8 Å². The molecule has 0 bridgehead atoms. The summed E-state index contributed by atoms with van der Waals surface area (Å²) in [6.07, 6.45) is -4.05. The summed E-state index contributed by atoms with van der Waals surface area (Å²) >= 11 is 0. The minimum atomic E-state index is -4.94. The van der Waals surface area contributed by atoms with Crippen molar-refractivity contribution in [1.29, 1.82) is 0 Å². The number of piperidine rings is 1. The van der Waals surface area contributed by atoms with E-state index in [0.29, 0.717) is 6.07 Å². The molecule has 2 aliphatic rings. The summed E-state index contributed by atoms with van der Waals surface area (Å²) < 4.78 is 54.7. The summed E-state index contributed by atoms with van der Waals surface area (Å²) in [6.45, 7) is -0.180. The Balaban J connectivity index is 1.63. The van der Waals surface area contributed by atoms with E-state index in [1.807, 2.05) is 0 Å². The number of hydrogen-bond acceptors (Lipinski definition) is 5. The highest BCUT2D eigenvalue weighted by Crippen LogP contribution is 2.32. The summed E-state index contributed by atoms with van der Waals surface area (Å²) in [7, 11) is 0. The van der Waals surface area contributed by atoms with Crippen molar-refractivity contribution in [2.45, 2.75) is 50.4 Å². The Labute approximate surface area is 187 Å². The predicted octanol–water partition coefficient (Wildman–Crippen LogP) is 1.54. The average molecular weight is 478 g/mol. The molecule has 3 rings (SSSR count). The molecule has 1 aliphatic carbocycles. The molecule has 1 saturated carbocycles. The van der Waals surface area contributed by atoms with E-state index >= 15 is 0 Å². The third-order valence-electron chi connectivity index (χ3n) is 5.34. The number of halogens is 4. The van der Waals surface area contributed by atoms with E-state index in [9.17, 15) is 32.3 Å². The van der Waals surface area contributed by atoms with Gasteiger partial charge < -0.3 is 35.4 Å². The molecular weight excluding hydrogens is 452 g/mol. The van der Waals surface area contributed by atoms with Crippen molar-refractivity contribution in [3.63, 3.8) is 0 Å². The van der Waals surface area contributed by atoms with Gasteiger partial charge in [-0.05, 0) is 25.3 Å². The van der Waals surface area contributed by atoms with Crippen LogP contribution >= 0.6 is 0 Å². The fraction of sp³-hybridized carbons (Fsp3) is 0.600. The van der Waals surface area contributed by atoms with Crippen molar-refractivity contribution in [2.24, 2.45) is 0 Å². The molecule has 4 amide bonds. The van der Waals surface area contributed by atoms with Gasteiger partial charge in [0.2, 0.25) is 0 Å². The Morgan fingerprint density at radius 2 is 1.91 bits per heavy atom. The largest absolute Gasteiger partial charge is 0.573 e. The average Bonchev–Trinajstić information content (AvgIpc) is 3.55. The van der Waals surface area contributed by atoms with Gasteiger partial charge in [-0.1, -0.05) is 6.07 Å². The normalized spacial score (nSPS) is 20.8. The number of alkyl halides is 3.